The quantitative estimate of drug-likeness (QED) is 0.893. The van der Waals surface area contributed by atoms with E-state index in [4.69, 9.17) is 0 Å². The Bertz CT molecular complexity index is 527. The van der Waals surface area contributed by atoms with E-state index in [0.717, 1.165) is 30.6 Å². The highest BCUT2D eigenvalue weighted by Crippen LogP contribution is 2.29. The van der Waals surface area contributed by atoms with Crippen molar-refractivity contribution in [2.75, 3.05) is 11.9 Å². The second-order valence-electron chi connectivity index (χ2n) is 5.84. The maximum Gasteiger partial charge on any atom is 0.323 e. The lowest BCUT2D eigenvalue weighted by Crippen LogP contribution is -2.54. The van der Waals surface area contributed by atoms with Crippen molar-refractivity contribution in [1.82, 2.24) is 4.90 Å². The topological polar surface area (TPSA) is 69.6 Å². The van der Waals surface area contributed by atoms with Crippen molar-refractivity contribution in [3.63, 3.8) is 0 Å². The van der Waals surface area contributed by atoms with Gasteiger partial charge in [-0.25, -0.2) is 0 Å². The number of hydrogen-bond acceptors (Lipinski definition) is 3. The molecule has 1 amide bonds. The Kier molecular flexibility index (Phi) is 4.63. The molecule has 5 nitrogen and oxygen atoms in total. The fraction of sp³-hybridized carbons (Fsp3) is 0.500. The molecule has 1 fully saturated rings. The number of amides is 1. The largest absolute Gasteiger partial charge is 0.480 e. The van der Waals surface area contributed by atoms with E-state index in [1.54, 1.807) is 6.92 Å². The molecule has 1 aliphatic rings. The van der Waals surface area contributed by atoms with E-state index in [-0.39, 0.29) is 5.91 Å². The van der Waals surface area contributed by atoms with Gasteiger partial charge in [-0.3, -0.25) is 14.5 Å². The van der Waals surface area contributed by atoms with Crippen molar-refractivity contribution < 1.29 is 14.7 Å². The molecule has 1 aliphatic heterocycles. The lowest BCUT2D eigenvalue weighted by Gasteiger charge is -2.41. The number of likely N-dealkylation sites (tertiary alicyclic amines) is 1. The number of aliphatic carboxylic acids is 1. The number of rotatable bonds is 4. The van der Waals surface area contributed by atoms with Gasteiger partial charge in [-0.2, -0.15) is 0 Å². The number of anilines is 1. The first-order valence-electron chi connectivity index (χ1n) is 7.27. The normalized spacial score (nSPS) is 22.8. The van der Waals surface area contributed by atoms with E-state index < -0.39 is 11.5 Å². The lowest BCUT2D eigenvalue weighted by atomic mass is 9.88. The zero-order valence-electron chi connectivity index (χ0n) is 12.6. The van der Waals surface area contributed by atoms with Crippen LogP contribution in [-0.2, 0) is 16.1 Å². The van der Waals surface area contributed by atoms with Gasteiger partial charge in [-0.05, 0) is 50.4 Å². The fourth-order valence-corrected chi connectivity index (χ4v) is 2.79. The Labute approximate surface area is 125 Å². The third kappa shape index (κ3) is 3.61. The molecule has 1 heterocycles. The van der Waals surface area contributed by atoms with Crippen LogP contribution < -0.4 is 5.32 Å². The van der Waals surface area contributed by atoms with Gasteiger partial charge in [-0.15, -0.1) is 0 Å². The molecule has 0 radical (unpaired) electrons. The minimum absolute atomic E-state index is 0.0998. The standard InChI is InChI=1S/C16H22N2O3/c1-12(19)17-14-7-5-13(6-8-14)11-18-10-4-3-9-16(18,2)15(20)21/h5-8H,3-4,9-11H2,1-2H3,(H,17,19)(H,20,21). The molecule has 21 heavy (non-hydrogen) atoms. The van der Waals surface area contributed by atoms with Gasteiger partial charge in [0.2, 0.25) is 5.91 Å². The number of piperidine rings is 1. The van der Waals surface area contributed by atoms with Crippen molar-refractivity contribution in [2.24, 2.45) is 0 Å². The molecule has 1 unspecified atom stereocenters. The predicted octanol–water partition coefficient (Wildman–Crippen LogP) is 2.47. The first-order valence-corrected chi connectivity index (χ1v) is 7.27. The van der Waals surface area contributed by atoms with E-state index >= 15 is 0 Å². The predicted molar refractivity (Wildman–Crippen MR) is 81.0 cm³/mol. The van der Waals surface area contributed by atoms with Gasteiger partial charge >= 0.3 is 5.97 Å². The second kappa shape index (κ2) is 6.26. The van der Waals surface area contributed by atoms with Crippen molar-refractivity contribution in [3.8, 4) is 0 Å². The Morgan fingerprint density at radius 1 is 1.29 bits per heavy atom. The van der Waals surface area contributed by atoms with E-state index in [1.165, 1.54) is 6.92 Å². The summed E-state index contributed by atoms with van der Waals surface area (Å²) in [5.74, 6) is -0.853. The summed E-state index contributed by atoms with van der Waals surface area (Å²) < 4.78 is 0. The van der Waals surface area contributed by atoms with Crippen LogP contribution in [-0.4, -0.2) is 34.0 Å². The van der Waals surface area contributed by atoms with Gasteiger partial charge in [0.25, 0.3) is 0 Å². The Hall–Kier alpha value is -1.88. The van der Waals surface area contributed by atoms with Crippen LogP contribution in [0.5, 0.6) is 0 Å². The summed E-state index contributed by atoms with van der Waals surface area (Å²) in [6, 6.07) is 7.56. The minimum atomic E-state index is -0.783. The molecular weight excluding hydrogens is 268 g/mol. The van der Waals surface area contributed by atoms with Crippen LogP contribution in [0.2, 0.25) is 0 Å². The Balaban J connectivity index is 2.09. The first kappa shape index (κ1) is 15.5. The molecule has 1 aromatic carbocycles. The molecule has 2 rings (SSSR count). The van der Waals surface area contributed by atoms with Crippen LogP contribution in [0.25, 0.3) is 0 Å². The van der Waals surface area contributed by atoms with Crippen molar-refractivity contribution in [3.05, 3.63) is 29.8 Å². The first-order chi connectivity index (χ1) is 9.91. The van der Waals surface area contributed by atoms with E-state index in [9.17, 15) is 14.7 Å². The van der Waals surface area contributed by atoms with Gasteiger partial charge < -0.3 is 10.4 Å². The number of carboxylic acid groups (broad SMARTS) is 1. The molecule has 0 bridgehead atoms. The summed E-state index contributed by atoms with van der Waals surface area (Å²) in [4.78, 5) is 24.6. The molecule has 0 aliphatic carbocycles. The Morgan fingerprint density at radius 3 is 2.52 bits per heavy atom. The lowest BCUT2D eigenvalue weighted by molar-refractivity contribution is -0.153. The number of nitrogens with zero attached hydrogens (tertiary/aromatic N) is 1. The summed E-state index contributed by atoms with van der Waals surface area (Å²) in [5, 5.41) is 12.2. The number of carbonyl (C=O) groups is 2. The summed E-state index contributed by atoms with van der Waals surface area (Å²) in [5.41, 5.74) is 1.03. The third-order valence-corrected chi connectivity index (χ3v) is 4.15. The average molecular weight is 290 g/mol. The van der Waals surface area contributed by atoms with Crippen LogP contribution in [0, 0.1) is 0 Å². The molecular formula is C16H22N2O3. The van der Waals surface area contributed by atoms with Crippen LogP contribution in [0.1, 0.15) is 38.7 Å². The molecule has 0 aromatic heterocycles. The highest BCUT2D eigenvalue weighted by atomic mass is 16.4. The minimum Gasteiger partial charge on any atom is -0.480 e. The molecule has 0 spiro atoms. The van der Waals surface area contributed by atoms with Gasteiger partial charge in [-0.1, -0.05) is 12.1 Å². The highest BCUT2D eigenvalue weighted by Gasteiger charge is 2.41. The van der Waals surface area contributed by atoms with Gasteiger partial charge in [0.1, 0.15) is 5.54 Å². The van der Waals surface area contributed by atoms with E-state index in [1.807, 2.05) is 29.2 Å². The van der Waals surface area contributed by atoms with Gasteiger partial charge in [0.05, 0.1) is 0 Å². The van der Waals surface area contributed by atoms with E-state index in [0.29, 0.717) is 13.0 Å². The second-order valence-corrected chi connectivity index (χ2v) is 5.84. The zero-order chi connectivity index (χ0) is 15.5. The molecule has 1 saturated heterocycles. The summed E-state index contributed by atoms with van der Waals surface area (Å²) in [7, 11) is 0. The van der Waals surface area contributed by atoms with Gasteiger partial charge in [0, 0.05) is 19.2 Å². The molecule has 2 N–H and O–H groups in total. The number of carboxylic acids is 1. The summed E-state index contributed by atoms with van der Waals surface area (Å²) >= 11 is 0. The number of nitrogens with one attached hydrogen (secondary N) is 1. The van der Waals surface area contributed by atoms with E-state index in [2.05, 4.69) is 5.32 Å². The number of hydrogen-bond donors (Lipinski definition) is 2. The van der Waals surface area contributed by atoms with Crippen LogP contribution >= 0.6 is 0 Å². The van der Waals surface area contributed by atoms with Crippen LogP contribution in [0.15, 0.2) is 24.3 Å². The molecule has 1 aromatic rings. The molecule has 5 heteroatoms. The number of benzene rings is 1. The SMILES string of the molecule is CC(=O)Nc1ccc(CN2CCCCC2(C)C(=O)O)cc1. The van der Waals surface area contributed by atoms with Crippen LogP contribution in [0.4, 0.5) is 5.69 Å². The maximum absolute atomic E-state index is 11.6. The Morgan fingerprint density at radius 2 is 1.95 bits per heavy atom. The maximum atomic E-state index is 11.6. The molecule has 114 valence electrons. The van der Waals surface area contributed by atoms with Gasteiger partial charge in [0.15, 0.2) is 0 Å². The van der Waals surface area contributed by atoms with Crippen molar-refractivity contribution in [1.29, 1.82) is 0 Å². The molecule has 0 saturated carbocycles. The zero-order valence-corrected chi connectivity index (χ0v) is 12.6. The van der Waals surface area contributed by atoms with Crippen molar-refractivity contribution >= 4 is 17.6 Å². The van der Waals surface area contributed by atoms with Crippen molar-refractivity contribution in [2.45, 2.75) is 45.2 Å². The highest BCUT2D eigenvalue weighted by molar-refractivity contribution is 5.88. The fourth-order valence-electron chi connectivity index (χ4n) is 2.79. The van der Waals surface area contributed by atoms with Crippen LogP contribution in [0.3, 0.4) is 0 Å². The summed E-state index contributed by atoms with van der Waals surface area (Å²) in [6.07, 6.45) is 2.68. The third-order valence-electron chi connectivity index (χ3n) is 4.15. The summed E-state index contributed by atoms with van der Waals surface area (Å²) in [6.45, 7) is 4.69. The average Bonchev–Trinajstić information content (AvgIpc) is 2.43. The molecule has 1 atom stereocenters. The smallest absolute Gasteiger partial charge is 0.323 e. The monoisotopic (exact) mass is 290 g/mol. The number of carbonyl (C=O) groups excluding carboxylic acids is 1.